The smallest absolute Gasteiger partial charge is 0.227 e. The van der Waals surface area contributed by atoms with Gasteiger partial charge in [0.15, 0.2) is 0 Å². The standard InChI is InChI=1S/C20H23BrN2O2/c1-25-19-4-2-3-15(13-19)14-23-11-9-16(10-12-23)20(24)22-18-7-5-17(21)6-8-18/h2-8,13,16H,9-12,14H2,1H3,(H,22,24). The molecule has 0 atom stereocenters. The molecule has 5 heteroatoms. The first-order valence-electron chi connectivity index (χ1n) is 8.56. The third-order valence-corrected chi connectivity index (χ3v) is 5.14. The third-order valence-electron chi connectivity index (χ3n) is 4.61. The first-order chi connectivity index (χ1) is 12.1. The van der Waals surface area contributed by atoms with Crippen LogP contribution in [0.2, 0.25) is 0 Å². The van der Waals surface area contributed by atoms with Crippen LogP contribution in [-0.4, -0.2) is 31.0 Å². The minimum Gasteiger partial charge on any atom is -0.497 e. The molecule has 1 aliphatic rings. The Hall–Kier alpha value is -1.85. The van der Waals surface area contributed by atoms with Gasteiger partial charge in [-0.2, -0.15) is 0 Å². The van der Waals surface area contributed by atoms with Crippen molar-refractivity contribution < 1.29 is 9.53 Å². The summed E-state index contributed by atoms with van der Waals surface area (Å²) in [7, 11) is 1.69. The van der Waals surface area contributed by atoms with E-state index in [4.69, 9.17) is 4.74 Å². The number of nitrogens with one attached hydrogen (secondary N) is 1. The first-order valence-corrected chi connectivity index (χ1v) is 9.35. The summed E-state index contributed by atoms with van der Waals surface area (Å²) < 4.78 is 6.29. The van der Waals surface area contributed by atoms with Gasteiger partial charge in [0, 0.05) is 22.6 Å². The number of anilines is 1. The fourth-order valence-corrected chi connectivity index (χ4v) is 3.42. The van der Waals surface area contributed by atoms with E-state index in [0.717, 1.165) is 48.4 Å². The van der Waals surface area contributed by atoms with Crippen LogP contribution in [-0.2, 0) is 11.3 Å². The third kappa shape index (κ3) is 5.06. The SMILES string of the molecule is COc1cccc(CN2CCC(C(=O)Nc3ccc(Br)cc3)CC2)c1. The predicted molar refractivity (Wildman–Crippen MR) is 104 cm³/mol. The topological polar surface area (TPSA) is 41.6 Å². The summed E-state index contributed by atoms with van der Waals surface area (Å²) in [5.41, 5.74) is 2.10. The highest BCUT2D eigenvalue weighted by Gasteiger charge is 2.25. The minimum absolute atomic E-state index is 0.0882. The van der Waals surface area contributed by atoms with E-state index in [1.54, 1.807) is 7.11 Å². The Morgan fingerprint density at radius 3 is 2.60 bits per heavy atom. The monoisotopic (exact) mass is 402 g/mol. The van der Waals surface area contributed by atoms with Crippen LogP contribution < -0.4 is 10.1 Å². The van der Waals surface area contributed by atoms with Crippen LogP contribution in [0, 0.1) is 5.92 Å². The number of ether oxygens (including phenoxy) is 1. The van der Waals surface area contributed by atoms with Gasteiger partial charge in [-0.05, 0) is 67.9 Å². The molecular formula is C20H23BrN2O2. The van der Waals surface area contributed by atoms with E-state index in [-0.39, 0.29) is 11.8 Å². The quantitative estimate of drug-likeness (QED) is 0.809. The van der Waals surface area contributed by atoms with Crippen molar-refractivity contribution in [1.82, 2.24) is 4.90 Å². The molecule has 2 aromatic rings. The number of carbonyl (C=O) groups is 1. The van der Waals surface area contributed by atoms with E-state index >= 15 is 0 Å². The highest BCUT2D eigenvalue weighted by Crippen LogP contribution is 2.22. The Morgan fingerprint density at radius 1 is 1.20 bits per heavy atom. The number of halogens is 1. The highest BCUT2D eigenvalue weighted by molar-refractivity contribution is 9.10. The van der Waals surface area contributed by atoms with Gasteiger partial charge in [-0.1, -0.05) is 28.1 Å². The van der Waals surface area contributed by atoms with E-state index in [0.29, 0.717) is 0 Å². The second kappa shape index (κ2) is 8.50. The fourth-order valence-electron chi connectivity index (χ4n) is 3.16. The summed E-state index contributed by atoms with van der Waals surface area (Å²) in [4.78, 5) is 14.8. The second-order valence-corrected chi connectivity index (χ2v) is 7.31. The number of rotatable bonds is 5. The number of nitrogens with zero attached hydrogens (tertiary/aromatic N) is 1. The van der Waals surface area contributed by atoms with Crippen molar-refractivity contribution in [2.24, 2.45) is 5.92 Å². The molecule has 1 aliphatic heterocycles. The van der Waals surface area contributed by atoms with Gasteiger partial charge in [-0.3, -0.25) is 9.69 Å². The molecule has 0 saturated carbocycles. The lowest BCUT2D eigenvalue weighted by atomic mass is 9.95. The van der Waals surface area contributed by atoms with Gasteiger partial charge in [0.05, 0.1) is 7.11 Å². The molecule has 25 heavy (non-hydrogen) atoms. The molecule has 1 saturated heterocycles. The summed E-state index contributed by atoms with van der Waals surface area (Å²) in [6, 6.07) is 15.9. The van der Waals surface area contributed by atoms with Crippen molar-refractivity contribution in [3.05, 3.63) is 58.6 Å². The van der Waals surface area contributed by atoms with Gasteiger partial charge in [0.2, 0.25) is 5.91 Å². The Labute approximate surface area is 157 Å². The molecule has 132 valence electrons. The minimum atomic E-state index is 0.0882. The number of amides is 1. The zero-order valence-corrected chi connectivity index (χ0v) is 16.0. The van der Waals surface area contributed by atoms with Crippen molar-refractivity contribution in [2.75, 3.05) is 25.5 Å². The van der Waals surface area contributed by atoms with E-state index < -0.39 is 0 Å². The normalized spacial score (nSPS) is 15.8. The van der Waals surface area contributed by atoms with E-state index in [2.05, 4.69) is 38.3 Å². The van der Waals surface area contributed by atoms with Crippen molar-refractivity contribution in [2.45, 2.75) is 19.4 Å². The van der Waals surface area contributed by atoms with Crippen LogP contribution in [0.15, 0.2) is 53.0 Å². The summed E-state index contributed by atoms with van der Waals surface area (Å²) in [6.45, 7) is 2.78. The molecule has 1 fully saturated rings. The van der Waals surface area contributed by atoms with Gasteiger partial charge < -0.3 is 10.1 Å². The predicted octanol–water partition coefficient (Wildman–Crippen LogP) is 4.31. The molecular weight excluding hydrogens is 380 g/mol. The molecule has 3 rings (SSSR count). The zero-order chi connectivity index (χ0) is 17.6. The van der Waals surface area contributed by atoms with Gasteiger partial charge >= 0.3 is 0 Å². The maximum Gasteiger partial charge on any atom is 0.227 e. The van der Waals surface area contributed by atoms with E-state index in [9.17, 15) is 4.79 Å². The molecule has 1 heterocycles. The maximum atomic E-state index is 12.4. The molecule has 2 aromatic carbocycles. The molecule has 4 nitrogen and oxygen atoms in total. The lowest BCUT2D eigenvalue weighted by Crippen LogP contribution is -2.37. The Kier molecular flexibility index (Phi) is 6.10. The average Bonchev–Trinajstić information content (AvgIpc) is 2.64. The number of carbonyl (C=O) groups excluding carboxylic acids is 1. The van der Waals surface area contributed by atoms with Gasteiger partial charge in [-0.25, -0.2) is 0 Å². The molecule has 0 radical (unpaired) electrons. The van der Waals surface area contributed by atoms with Crippen molar-refractivity contribution in [1.29, 1.82) is 0 Å². The first kappa shape index (κ1) is 18.0. The van der Waals surface area contributed by atoms with Crippen LogP contribution in [0.25, 0.3) is 0 Å². The Balaban J connectivity index is 1.49. The van der Waals surface area contributed by atoms with Gasteiger partial charge in [0.1, 0.15) is 5.75 Å². The summed E-state index contributed by atoms with van der Waals surface area (Å²) >= 11 is 3.40. The molecule has 0 bridgehead atoms. The Morgan fingerprint density at radius 2 is 1.92 bits per heavy atom. The molecule has 0 aromatic heterocycles. The van der Waals surface area contributed by atoms with Crippen molar-refractivity contribution in [3.63, 3.8) is 0 Å². The van der Waals surface area contributed by atoms with Crippen molar-refractivity contribution in [3.8, 4) is 5.75 Å². The van der Waals surface area contributed by atoms with Crippen LogP contribution in [0.3, 0.4) is 0 Å². The van der Waals surface area contributed by atoms with E-state index in [1.165, 1.54) is 5.56 Å². The summed E-state index contributed by atoms with van der Waals surface area (Å²) in [6.07, 6.45) is 1.79. The maximum absolute atomic E-state index is 12.4. The largest absolute Gasteiger partial charge is 0.497 e. The molecule has 1 N–H and O–H groups in total. The summed E-state index contributed by atoms with van der Waals surface area (Å²) in [5, 5.41) is 3.02. The molecule has 1 amide bonds. The highest BCUT2D eigenvalue weighted by atomic mass is 79.9. The average molecular weight is 403 g/mol. The molecule has 0 spiro atoms. The lowest BCUT2D eigenvalue weighted by Gasteiger charge is -2.31. The fraction of sp³-hybridized carbons (Fsp3) is 0.350. The van der Waals surface area contributed by atoms with Crippen molar-refractivity contribution >= 4 is 27.5 Å². The van der Waals surface area contributed by atoms with Crippen LogP contribution in [0.1, 0.15) is 18.4 Å². The Bertz CT molecular complexity index is 710. The van der Waals surface area contributed by atoms with Gasteiger partial charge in [0.25, 0.3) is 0 Å². The zero-order valence-electron chi connectivity index (χ0n) is 14.4. The van der Waals surface area contributed by atoms with Crippen LogP contribution in [0.5, 0.6) is 5.75 Å². The molecule has 0 aliphatic carbocycles. The number of methoxy groups -OCH3 is 1. The number of piperidine rings is 1. The van der Waals surface area contributed by atoms with Gasteiger partial charge in [-0.15, -0.1) is 0 Å². The second-order valence-electron chi connectivity index (χ2n) is 6.40. The number of benzene rings is 2. The number of hydrogen-bond acceptors (Lipinski definition) is 3. The number of hydrogen-bond donors (Lipinski definition) is 1. The number of likely N-dealkylation sites (tertiary alicyclic amines) is 1. The summed E-state index contributed by atoms with van der Waals surface area (Å²) in [5.74, 6) is 1.11. The lowest BCUT2D eigenvalue weighted by molar-refractivity contribution is -0.121. The van der Waals surface area contributed by atoms with Crippen LogP contribution >= 0.6 is 15.9 Å². The molecule has 0 unspecified atom stereocenters. The van der Waals surface area contributed by atoms with Crippen LogP contribution in [0.4, 0.5) is 5.69 Å². The van der Waals surface area contributed by atoms with E-state index in [1.807, 2.05) is 36.4 Å².